The fourth-order valence-corrected chi connectivity index (χ4v) is 2.03. The second-order valence-corrected chi connectivity index (χ2v) is 4.09. The fourth-order valence-electron chi connectivity index (χ4n) is 2.03. The van der Waals surface area contributed by atoms with Gasteiger partial charge in [-0.1, -0.05) is 18.2 Å². The second-order valence-electron chi connectivity index (χ2n) is 4.09. The quantitative estimate of drug-likeness (QED) is 0.760. The molecule has 1 saturated heterocycles. The van der Waals surface area contributed by atoms with E-state index in [9.17, 15) is 9.59 Å². The summed E-state index contributed by atoms with van der Waals surface area (Å²) in [4.78, 5) is 27.1. The average molecular weight is 229 g/mol. The lowest BCUT2D eigenvalue weighted by molar-refractivity contribution is -0.118. The van der Waals surface area contributed by atoms with Crippen molar-refractivity contribution in [1.29, 1.82) is 0 Å². The number of benzene rings is 1. The summed E-state index contributed by atoms with van der Waals surface area (Å²) >= 11 is 0. The van der Waals surface area contributed by atoms with Crippen LogP contribution in [0.2, 0.25) is 0 Å². The predicted octanol–water partition coefficient (Wildman–Crippen LogP) is 1.22. The molecule has 2 aromatic rings. The van der Waals surface area contributed by atoms with E-state index in [0.717, 1.165) is 16.6 Å². The Morgan fingerprint density at radius 1 is 1.24 bits per heavy atom. The summed E-state index contributed by atoms with van der Waals surface area (Å²) in [5, 5.41) is 3.36. The maximum absolute atomic E-state index is 11.4. The van der Waals surface area contributed by atoms with E-state index in [-0.39, 0.29) is 18.5 Å². The number of fused-ring (bicyclic) bond motifs is 1. The Balaban J connectivity index is 1.85. The first-order valence-corrected chi connectivity index (χ1v) is 5.38. The molecule has 0 unspecified atom stereocenters. The molecule has 3 rings (SSSR count). The molecule has 5 heteroatoms. The van der Waals surface area contributed by atoms with E-state index in [1.54, 1.807) is 0 Å². The summed E-state index contributed by atoms with van der Waals surface area (Å²) < 4.78 is 0. The Morgan fingerprint density at radius 3 is 2.76 bits per heavy atom. The van der Waals surface area contributed by atoms with Crippen molar-refractivity contribution in [2.45, 2.75) is 6.54 Å². The molecule has 2 N–H and O–H groups in total. The average Bonchev–Trinajstić information content (AvgIpc) is 2.82. The van der Waals surface area contributed by atoms with Crippen LogP contribution in [-0.2, 0) is 11.3 Å². The number of carbonyl (C=O) groups excluding carboxylic acids is 2. The fraction of sp³-hybridized carbons (Fsp3) is 0.167. The number of H-pyrrole nitrogens is 1. The molecule has 2 heterocycles. The minimum Gasteiger partial charge on any atom is -0.357 e. The number of urea groups is 1. The van der Waals surface area contributed by atoms with Crippen molar-refractivity contribution in [2.24, 2.45) is 0 Å². The third kappa shape index (κ3) is 1.75. The third-order valence-electron chi connectivity index (χ3n) is 2.81. The molecule has 0 saturated carbocycles. The van der Waals surface area contributed by atoms with Crippen molar-refractivity contribution < 1.29 is 9.59 Å². The molecule has 1 aromatic heterocycles. The highest BCUT2D eigenvalue weighted by atomic mass is 16.2. The molecular formula is C12H11N3O2. The molecule has 5 nitrogen and oxygen atoms in total. The van der Waals surface area contributed by atoms with Crippen LogP contribution in [0.25, 0.3) is 10.9 Å². The zero-order chi connectivity index (χ0) is 11.8. The number of carbonyl (C=O) groups is 2. The van der Waals surface area contributed by atoms with Crippen LogP contribution >= 0.6 is 0 Å². The Labute approximate surface area is 97.4 Å². The van der Waals surface area contributed by atoms with Crippen molar-refractivity contribution in [1.82, 2.24) is 15.2 Å². The van der Waals surface area contributed by atoms with Gasteiger partial charge in [0.1, 0.15) is 6.54 Å². The lowest BCUT2D eigenvalue weighted by atomic mass is 10.2. The highest BCUT2D eigenvalue weighted by Gasteiger charge is 2.26. The van der Waals surface area contributed by atoms with Gasteiger partial charge in [-0.05, 0) is 17.5 Å². The summed E-state index contributed by atoms with van der Waals surface area (Å²) in [6, 6.07) is 9.57. The number of nitrogens with zero attached hydrogens (tertiary/aromatic N) is 1. The number of rotatable bonds is 2. The van der Waals surface area contributed by atoms with E-state index in [4.69, 9.17) is 0 Å². The van der Waals surface area contributed by atoms with Crippen molar-refractivity contribution in [3.63, 3.8) is 0 Å². The van der Waals surface area contributed by atoms with Gasteiger partial charge in [-0.2, -0.15) is 0 Å². The van der Waals surface area contributed by atoms with E-state index in [1.165, 1.54) is 4.90 Å². The highest BCUT2D eigenvalue weighted by Crippen LogP contribution is 2.16. The predicted molar refractivity (Wildman–Crippen MR) is 62.2 cm³/mol. The van der Waals surface area contributed by atoms with Gasteiger partial charge in [-0.25, -0.2) is 4.79 Å². The summed E-state index contributed by atoms with van der Waals surface area (Å²) in [6.45, 7) is 0.556. The minimum atomic E-state index is -0.325. The van der Waals surface area contributed by atoms with Gasteiger partial charge in [-0.15, -0.1) is 0 Å². The van der Waals surface area contributed by atoms with Gasteiger partial charge in [0.2, 0.25) is 5.91 Å². The number of aromatic amines is 1. The summed E-state index contributed by atoms with van der Waals surface area (Å²) in [5.41, 5.74) is 1.96. The first kappa shape index (κ1) is 9.89. The first-order valence-electron chi connectivity index (χ1n) is 5.38. The zero-order valence-electron chi connectivity index (χ0n) is 9.06. The SMILES string of the molecule is O=C1CN(Cc2cc3ccccc3[nH]2)C(=O)N1. The normalized spacial score (nSPS) is 15.6. The molecule has 3 amide bonds. The van der Waals surface area contributed by atoms with Gasteiger partial charge in [0.15, 0.2) is 0 Å². The van der Waals surface area contributed by atoms with Crippen molar-refractivity contribution in [3.05, 3.63) is 36.0 Å². The van der Waals surface area contributed by atoms with Crippen molar-refractivity contribution >= 4 is 22.8 Å². The number of para-hydroxylation sites is 1. The second kappa shape index (κ2) is 3.62. The maximum Gasteiger partial charge on any atom is 0.324 e. The number of imide groups is 1. The van der Waals surface area contributed by atoms with E-state index < -0.39 is 0 Å². The van der Waals surface area contributed by atoms with Crippen LogP contribution < -0.4 is 5.32 Å². The summed E-state index contributed by atoms with van der Waals surface area (Å²) in [6.07, 6.45) is 0. The zero-order valence-corrected chi connectivity index (χ0v) is 9.06. The largest absolute Gasteiger partial charge is 0.357 e. The van der Waals surface area contributed by atoms with Gasteiger partial charge in [0.25, 0.3) is 0 Å². The molecule has 1 aliphatic heterocycles. The molecule has 0 radical (unpaired) electrons. The first-order chi connectivity index (χ1) is 8.22. The highest BCUT2D eigenvalue weighted by molar-refractivity contribution is 6.01. The van der Waals surface area contributed by atoms with Crippen LogP contribution in [0.15, 0.2) is 30.3 Å². The van der Waals surface area contributed by atoms with Crippen LogP contribution in [0.4, 0.5) is 4.79 Å². The van der Waals surface area contributed by atoms with Crippen molar-refractivity contribution in [2.75, 3.05) is 6.54 Å². The molecular weight excluding hydrogens is 218 g/mol. The van der Waals surface area contributed by atoms with Gasteiger partial charge in [-0.3, -0.25) is 10.1 Å². The molecule has 86 valence electrons. The Bertz CT molecular complexity index is 570. The van der Waals surface area contributed by atoms with Gasteiger partial charge in [0.05, 0.1) is 6.54 Å². The third-order valence-corrected chi connectivity index (χ3v) is 2.81. The van der Waals surface area contributed by atoms with Crippen LogP contribution in [0.3, 0.4) is 0 Å². The van der Waals surface area contributed by atoms with Crippen LogP contribution in [0, 0.1) is 0 Å². The number of hydrogen-bond acceptors (Lipinski definition) is 2. The minimum absolute atomic E-state index is 0.133. The molecule has 17 heavy (non-hydrogen) atoms. The monoisotopic (exact) mass is 229 g/mol. The van der Waals surface area contributed by atoms with E-state index in [1.807, 2.05) is 30.3 Å². The number of hydrogen-bond donors (Lipinski definition) is 2. The van der Waals surface area contributed by atoms with Gasteiger partial charge >= 0.3 is 6.03 Å². The van der Waals surface area contributed by atoms with Gasteiger partial charge < -0.3 is 9.88 Å². The van der Waals surface area contributed by atoms with Crippen LogP contribution in [-0.4, -0.2) is 28.4 Å². The molecule has 0 atom stereocenters. The maximum atomic E-state index is 11.4. The Morgan fingerprint density at radius 2 is 2.06 bits per heavy atom. The standard InChI is InChI=1S/C12H11N3O2/c16-11-7-15(12(17)14-11)6-9-5-8-3-1-2-4-10(8)13-9/h1-5,13H,6-7H2,(H,14,16,17). The molecule has 1 fully saturated rings. The summed E-state index contributed by atoms with van der Waals surface area (Å²) in [5.74, 6) is -0.244. The van der Waals surface area contributed by atoms with Crippen molar-refractivity contribution in [3.8, 4) is 0 Å². The topological polar surface area (TPSA) is 65.2 Å². The lowest BCUT2D eigenvalue weighted by Crippen LogP contribution is -2.27. The number of amides is 3. The van der Waals surface area contributed by atoms with Crippen LogP contribution in [0.1, 0.15) is 5.69 Å². The number of nitrogens with one attached hydrogen (secondary N) is 2. The number of aromatic nitrogens is 1. The van der Waals surface area contributed by atoms with Gasteiger partial charge in [0, 0.05) is 11.2 Å². The smallest absolute Gasteiger partial charge is 0.324 e. The molecule has 0 bridgehead atoms. The van der Waals surface area contributed by atoms with E-state index in [2.05, 4.69) is 10.3 Å². The lowest BCUT2D eigenvalue weighted by Gasteiger charge is -2.10. The Kier molecular flexibility index (Phi) is 2.11. The summed E-state index contributed by atoms with van der Waals surface area (Å²) in [7, 11) is 0. The Hall–Kier alpha value is -2.30. The van der Waals surface area contributed by atoms with E-state index >= 15 is 0 Å². The molecule has 0 spiro atoms. The molecule has 0 aliphatic carbocycles. The molecule has 1 aliphatic rings. The van der Waals surface area contributed by atoms with Crippen LogP contribution in [0.5, 0.6) is 0 Å². The van der Waals surface area contributed by atoms with E-state index in [0.29, 0.717) is 6.54 Å². The molecule has 1 aromatic carbocycles.